The van der Waals surface area contributed by atoms with Crippen molar-refractivity contribution in [2.45, 2.75) is 6.92 Å². The summed E-state index contributed by atoms with van der Waals surface area (Å²) < 4.78 is 0. The smallest absolute Gasteiger partial charge is 0.227 e. The van der Waals surface area contributed by atoms with Crippen LogP contribution in [0.1, 0.15) is 5.69 Å². The number of aryl methyl sites for hydroxylation is 1. The fourth-order valence-electron chi connectivity index (χ4n) is 1.23. The summed E-state index contributed by atoms with van der Waals surface area (Å²) in [6.07, 6.45) is 1.58. The highest BCUT2D eigenvalue weighted by molar-refractivity contribution is 6.30. The number of halogens is 1. The molecule has 0 radical (unpaired) electrons. The van der Waals surface area contributed by atoms with Crippen molar-refractivity contribution in [2.75, 3.05) is 11.1 Å². The third kappa shape index (κ3) is 2.41. The van der Waals surface area contributed by atoms with E-state index in [1.807, 2.05) is 25.1 Å². The van der Waals surface area contributed by atoms with Crippen LogP contribution in [0.3, 0.4) is 0 Å². The van der Waals surface area contributed by atoms with E-state index in [9.17, 15) is 0 Å². The third-order valence-electron chi connectivity index (χ3n) is 2.10. The van der Waals surface area contributed by atoms with Crippen LogP contribution in [-0.4, -0.2) is 9.97 Å². The first kappa shape index (κ1) is 10.7. The SMILES string of the molecule is Cc1nc(Nc2cccc(Cl)c2)ncc1N. The monoisotopic (exact) mass is 234 g/mol. The second-order valence-corrected chi connectivity index (χ2v) is 3.81. The quantitative estimate of drug-likeness (QED) is 0.839. The number of nitrogens with one attached hydrogen (secondary N) is 1. The molecule has 0 aliphatic rings. The Morgan fingerprint density at radius 1 is 1.38 bits per heavy atom. The second-order valence-electron chi connectivity index (χ2n) is 3.37. The number of nitrogens with two attached hydrogens (primary N) is 1. The molecule has 0 spiro atoms. The van der Waals surface area contributed by atoms with Gasteiger partial charge in [-0.25, -0.2) is 9.97 Å². The van der Waals surface area contributed by atoms with Gasteiger partial charge in [-0.1, -0.05) is 17.7 Å². The molecule has 0 aliphatic heterocycles. The average Bonchev–Trinajstić information content (AvgIpc) is 2.24. The highest BCUT2D eigenvalue weighted by atomic mass is 35.5. The van der Waals surface area contributed by atoms with Gasteiger partial charge < -0.3 is 11.1 Å². The van der Waals surface area contributed by atoms with Crippen molar-refractivity contribution in [3.8, 4) is 0 Å². The molecule has 5 heteroatoms. The highest BCUT2D eigenvalue weighted by Crippen LogP contribution is 2.18. The van der Waals surface area contributed by atoms with Gasteiger partial charge in [0.25, 0.3) is 0 Å². The van der Waals surface area contributed by atoms with E-state index in [2.05, 4.69) is 15.3 Å². The molecule has 0 bridgehead atoms. The Labute approximate surface area is 98.5 Å². The summed E-state index contributed by atoms with van der Waals surface area (Å²) in [5.41, 5.74) is 7.81. The first-order valence-electron chi connectivity index (χ1n) is 4.77. The summed E-state index contributed by atoms with van der Waals surface area (Å²) in [5.74, 6) is 0.508. The minimum absolute atomic E-state index is 0.508. The average molecular weight is 235 g/mol. The van der Waals surface area contributed by atoms with Crippen molar-refractivity contribution in [3.05, 3.63) is 41.2 Å². The third-order valence-corrected chi connectivity index (χ3v) is 2.33. The van der Waals surface area contributed by atoms with E-state index in [0.717, 1.165) is 11.4 Å². The molecule has 3 N–H and O–H groups in total. The minimum Gasteiger partial charge on any atom is -0.396 e. The van der Waals surface area contributed by atoms with Crippen LogP contribution < -0.4 is 11.1 Å². The number of hydrogen-bond donors (Lipinski definition) is 2. The fraction of sp³-hybridized carbons (Fsp3) is 0.0909. The van der Waals surface area contributed by atoms with Crippen molar-refractivity contribution in [1.29, 1.82) is 0 Å². The van der Waals surface area contributed by atoms with E-state index in [1.165, 1.54) is 0 Å². The first-order chi connectivity index (χ1) is 7.65. The number of benzene rings is 1. The molecule has 0 aliphatic carbocycles. The van der Waals surface area contributed by atoms with Crippen LogP contribution in [0.4, 0.5) is 17.3 Å². The van der Waals surface area contributed by atoms with Crippen molar-refractivity contribution >= 4 is 28.9 Å². The van der Waals surface area contributed by atoms with Crippen molar-refractivity contribution < 1.29 is 0 Å². The van der Waals surface area contributed by atoms with Crippen LogP contribution in [0.5, 0.6) is 0 Å². The van der Waals surface area contributed by atoms with Crippen LogP contribution >= 0.6 is 11.6 Å². The molecule has 1 aromatic carbocycles. The van der Waals surface area contributed by atoms with Crippen LogP contribution in [0, 0.1) is 6.92 Å². The molecule has 2 rings (SSSR count). The lowest BCUT2D eigenvalue weighted by Gasteiger charge is -2.06. The Bertz CT molecular complexity index is 513. The van der Waals surface area contributed by atoms with Gasteiger partial charge in [0.2, 0.25) is 5.95 Å². The molecule has 82 valence electrons. The summed E-state index contributed by atoms with van der Waals surface area (Å²) in [6.45, 7) is 1.83. The number of rotatable bonds is 2. The molecule has 0 fully saturated rings. The van der Waals surface area contributed by atoms with Gasteiger partial charge in [-0.15, -0.1) is 0 Å². The molecular formula is C11H11ClN4. The maximum Gasteiger partial charge on any atom is 0.227 e. The van der Waals surface area contributed by atoms with Crippen LogP contribution in [0.25, 0.3) is 0 Å². The van der Waals surface area contributed by atoms with E-state index in [1.54, 1.807) is 12.3 Å². The van der Waals surface area contributed by atoms with Crippen LogP contribution in [0.2, 0.25) is 5.02 Å². The van der Waals surface area contributed by atoms with Gasteiger partial charge in [0.05, 0.1) is 17.6 Å². The van der Waals surface area contributed by atoms with Gasteiger partial charge in [0, 0.05) is 10.7 Å². The summed E-state index contributed by atoms with van der Waals surface area (Å²) in [5, 5.41) is 3.71. The predicted octanol–water partition coefficient (Wildman–Crippen LogP) is 2.76. The molecule has 0 amide bonds. The second kappa shape index (κ2) is 4.37. The van der Waals surface area contributed by atoms with Crippen LogP contribution in [-0.2, 0) is 0 Å². The lowest BCUT2D eigenvalue weighted by Crippen LogP contribution is -2.01. The Kier molecular flexibility index (Phi) is 2.92. The molecule has 1 heterocycles. The first-order valence-corrected chi connectivity index (χ1v) is 5.14. The Morgan fingerprint density at radius 2 is 2.19 bits per heavy atom. The number of aromatic nitrogens is 2. The number of hydrogen-bond acceptors (Lipinski definition) is 4. The number of nitrogen functional groups attached to an aromatic ring is 1. The normalized spacial score (nSPS) is 10.1. The summed E-state index contributed by atoms with van der Waals surface area (Å²) >= 11 is 5.87. The highest BCUT2D eigenvalue weighted by Gasteiger charge is 2.01. The van der Waals surface area contributed by atoms with E-state index < -0.39 is 0 Å². The maximum absolute atomic E-state index is 5.87. The van der Waals surface area contributed by atoms with Gasteiger partial charge in [-0.2, -0.15) is 0 Å². The van der Waals surface area contributed by atoms with Crippen molar-refractivity contribution in [3.63, 3.8) is 0 Å². The number of anilines is 3. The van der Waals surface area contributed by atoms with Gasteiger partial charge >= 0.3 is 0 Å². The fourth-order valence-corrected chi connectivity index (χ4v) is 1.42. The van der Waals surface area contributed by atoms with Crippen molar-refractivity contribution in [1.82, 2.24) is 9.97 Å². The van der Waals surface area contributed by atoms with Gasteiger partial charge in [-0.05, 0) is 25.1 Å². The number of nitrogens with zero attached hydrogens (tertiary/aromatic N) is 2. The molecule has 0 saturated heterocycles. The molecule has 4 nitrogen and oxygen atoms in total. The standard InChI is InChI=1S/C11H11ClN4/c1-7-10(13)6-14-11(15-7)16-9-4-2-3-8(12)5-9/h2-6H,13H2,1H3,(H,14,15,16). The predicted molar refractivity (Wildman–Crippen MR) is 65.9 cm³/mol. The zero-order valence-electron chi connectivity index (χ0n) is 8.74. The van der Waals surface area contributed by atoms with Gasteiger partial charge in [-0.3, -0.25) is 0 Å². The van der Waals surface area contributed by atoms with E-state index >= 15 is 0 Å². The van der Waals surface area contributed by atoms with E-state index in [-0.39, 0.29) is 0 Å². The van der Waals surface area contributed by atoms with Gasteiger partial charge in [0.1, 0.15) is 0 Å². The zero-order valence-corrected chi connectivity index (χ0v) is 9.49. The Hall–Kier alpha value is -1.81. The lowest BCUT2D eigenvalue weighted by molar-refractivity contribution is 1.11. The molecule has 1 aromatic heterocycles. The van der Waals surface area contributed by atoms with E-state index in [0.29, 0.717) is 16.7 Å². The zero-order chi connectivity index (χ0) is 11.5. The molecule has 0 unspecified atom stereocenters. The molecule has 16 heavy (non-hydrogen) atoms. The summed E-state index contributed by atoms with van der Waals surface area (Å²) in [6, 6.07) is 7.36. The van der Waals surface area contributed by atoms with Crippen molar-refractivity contribution in [2.24, 2.45) is 0 Å². The largest absolute Gasteiger partial charge is 0.396 e. The lowest BCUT2D eigenvalue weighted by atomic mass is 10.3. The summed E-state index contributed by atoms with van der Waals surface area (Å²) in [7, 11) is 0. The van der Waals surface area contributed by atoms with Gasteiger partial charge in [0.15, 0.2) is 0 Å². The van der Waals surface area contributed by atoms with E-state index in [4.69, 9.17) is 17.3 Å². The Balaban J connectivity index is 2.24. The summed E-state index contributed by atoms with van der Waals surface area (Å²) in [4.78, 5) is 8.28. The van der Waals surface area contributed by atoms with Crippen LogP contribution in [0.15, 0.2) is 30.5 Å². The molecule has 2 aromatic rings. The topological polar surface area (TPSA) is 63.8 Å². The Morgan fingerprint density at radius 3 is 2.88 bits per heavy atom. The minimum atomic E-state index is 0.508. The molecule has 0 saturated carbocycles. The maximum atomic E-state index is 5.87. The molecular weight excluding hydrogens is 224 g/mol. The molecule has 0 atom stereocenters.